The van der Waals surface area contributed by atoms with Gasteiger partial charge in [0.05, 0.1) is 12.3 Å². The van der Waals surface area contributed by atoms with Gasteiger partial charge in [-0.3, -0.25) is 10.2 Å². The van der Waals surface area contributed by atoms with Crippen LogP contribution in [0.4, 0.5) is 0 Å². The highest BCUT2D eigenvalue weighted by Gasteiger charge is 2.37. The van der Waals surface area contributed by atoms with Crippen molar-refractivity contribution in [3.63, 3.8) is 0 Å². The monoisotopic (exact) mass is 184 g/mol. The molecule has 4 unspecified atom stereocenters. The van der Waals surface area contributed by atoms with E-state index in [1.807, 2.05) is 0 Å². The third kappa shape index (κ3) is 1.73. The Morgan fingerprint density at radius 1 is 1.38 bits per heavy atom. The summed E-state index contributed by atoms with van der Waals surface area (Å²) < 4.78 is 0. The first kappa shape index (κ1) is 9.44. The molecule has 0 saturated carbocycles. The summed E-state index contributed by atoms with van der Waals surface area (Å²) in [5.41, 5.74) is 0. The first-order valence-electron chi connectivity index (χ1n) is 5.38. The van der Waals surface area contributed by atoms with Crippen molar-refractivity contribution in [2.45, 2.75) is 57.5 Å². The summed E-state index contributed by atoms with van der Waals surface area (Å²) >= 11 is 0. The normalized spacial score (nSPS) is 47.3. The van der Waals surface area contributed by atoms with Crippen molar-refractivity contribution >= 4 is 0 Å². The van der Waals surface area contributed by atoms with Crippen LogP contribution in [0.3, 0.4) is 0 Å². The van der Waals surface area contributed by atoms with Gasteiger partial charge in [-0.05, 0) is 33.1 Å². The van der Waals surface area contributed by atoms with Gasteiger partial charge in [-0.2, -0.15) is 0 Å². The molecule has 3 heteroatoms. The van der Waals surface area contributed by atoms with Crippen LogP contribution in [0.5, 0.6) is 0 Å². The van der Waals surface area contributed by atoms with Gasteiger partial charge >= 0.3 is 0 Å². The van der Waals surface area contributed by atoms with Crippen molar-refractivity contribution < 1.29 is 5.11 Å². The first-order chi connectivity index (χ1) is 6.18. The zero-order valence-electron chi connectivity index (χ0n) is 8.53. The third-order valence-corrected chi connectivity index (χ3v) is 3.35. The summed E-state index contributed by atoms with van der Waals surface area (Å²) in [6.45, 7) is 5.61. The Labute approximate surface area is 80.1 Å². The molecule has 2 N–H and O–H groups in total. The molecule has 0 aromatic heterocycles. The highest BCUT2D eigenvalue weighted by molar-refractivity contribution is 4.92. The maximum Gasteiger partial charge on any atom is 0.0869 e. The Morgan fingerprint density at radius 3 is 2.92 bits per heavy atom. The van der Waals surface area contributed by atoms with E-state index in [1.54, 1.807) is 0 Å². The van der Waals surface area contributed by atoms with Gasteiger partial charge in [0.2, 0.25) is 0 Å². The molecule has 0 aromatic rings. The number of aliphatic hydroxyl groups excluding tert-OH is 1. The second kappa shape index (κ2) is 3.56. The van der Waals surface area contributed by atoms with Gasteiger partial charge in [0.15, 0.2) is 0 Å². The lowest BCUT2D eigenvalue weighted by Crippen LogP contribution is -2.65. The fraction of sp³-hybridized carbons (Fsp3) is 1.00. The molecule has 0 bridgehead atoms. The van der Waals surface area contributed by atoms with Gasteiger partial charge in [-0.1, -0.05) is 0 Å². The molecule has 76 valence electrons. The largest absolute Gasteiger partial charge is 0.390 e. The van der Waals surface area contributed by atoms with Crippen molar-refractivity contribution in [1.82, 2.24) is 10.2 Å². The average Bonchev–Trinajstić information content (AvgIpc) is 2.07. The minimum atomic E-state index is -0.168. The third-order valence-electron chi connectivity index (χ3n) is 3.35. The molecule has 0 amide bonds. The van der Waals surface area contributed by atoms with E-state index in [4.69, 9.17) is 0 Å². The Kier molecular flexibility index (Phi) is 2.58. The predicted octanol–water partition coefficient (Wildman–Crippen LogP) is 0.539. The van der Waals surface area contributed by atoms with Crippen LogP contribution in [0, 0.1) is 0 Å². The van der Waals surface area contributed by atoms with Gasteiger partial charge in [0.1, 0.15) is 0 Å². The van der Waals surface area contributed by atoms with E-state index in [9.17, 15) is 5.11 Å². The zero-order valence-corrected chi connectivity index (χ0v) is 8.53. The summed E-state index contributed by atoms with van der Waals surface area (Å²) in [7, 11) is 0. The summed E-state index contributed by atoms with van der Waals surface area (Å²) in [5.74, 6) is 0. The van der Waals surface area contributed by atoms with Gasteiger partial charge in [0, 0.05) is 18.6 Å². The quantitative estimate of drug-likeness (QED) is 0.577. The minimum Gasteiger partial charge on any atom is -0.390 e. The van der Waals surface area contributed by atoms with E-state index < -0.39 is 0 Å². The van der Waals surface area contributed by atoms with Gasteiger partial charge < -0.3 is 5.11 Å². The molecule has 0 aromatic carbocycles. The zero-order chi connectivity index (χ0) is 9.42. The van der Waals surface area contributed by atoms with Crippen LogP contribution >= 0.6 is 0 Å². The molecular weight excluding hydrogens is 164 g/mol. The molecule has 2 aliphatic heterocycles. The van der Waals surface area contributed by atoms with Crippen LogP contribution in [0.15, 0.2) is 0 Å². The van der Waals surface area contributed by atoms with E-state index >= 15 is 0 Å². The van der Waals surface area contributed by atoms with Crippen LogP contribution < -0.4 is 5.32 Å². The van der Waals surface area contributed by atoms with Crippen molar-refractivity contribution in [2.24, 2.45) is 0 Å². The topological polar surface area (TPSA) is 35.5 Å². The maximum absolute atomic E-state index is 9.84. The fourth-order valence-corrected chi connectivity index (χ4v) is 2.71. The maximum atomic E-state index is 9.84. The molecule has 2 saturated heterocycles. The van der Waals surface area contributed by atoms with Crippen LogP contribution in [-0.4, -0.2) is 40.9 Å². The smallest absolute Gasteiger partial charge is 0.0869 e. The molecule has 0 spiro atoms. The van der Waals surface area contributed by atoms with Crippen molar-refractivity contribution in [2.75, 3.05) is 6.54 Å². The number of nitrogens with one attached hydrogen (secondary N) is 1. The van der Waals surface area contributed by atoms with Gasteiger partial charge in [-0.25, -0.2) is 0 Å². The molecule has 2 heterocycles. The predicted molar refractivity (Wildman–Crippen MR) is 52.4 cm³/mol. The van der Waals surface area contributed by atoms with Gasteiger partial charge in [-0.15, -0.1) is 0 Å². The number of rotatable bonds is 0. The Hall–Kier alpha value is -0.120. The van der Waals surface area contributed by atoms with Crippen molar-refractivity contribution in [3.05, 3.63) is 0 Å². The van der Waals surface area contributed by atoms with E-state index in [-0.39, 0.29) is 12.3 Å². The lowest BCUT2D eigenvalue weighted by Gasteiger charge is -2.48. The standard InChI is InChI=1S/C10H20N2O/c1-7-6-8(2)12-5-3-4-9(13)10(12)11-7/h7-11,13H,3-6H2,1-2H3. The highest BCUT2D eigenvalue weighted by Crippen LogP contribution is 2.24. The van der Waals surface area contributed by atoms with Crippen LogP contribution in [-0.2, 0) is 0 Å². The van der Waals surface area contributed by atoms with E-state index in [0.29, 0.717) is 12.1 Å². The van der Waals surface area contributed by atoms with E-state index in [0.717, 1.165) is 19.4 Å². The number of aliphatic hydroxyl groups is 1. The molecule has 2 fully saturated rings. The number of nitrogens with zero attached hydrogens (tertiary/aromatic N) is 1. The van der Waals surface area contributed by atoms with Crippen LogP contribution in [0.1, 0.15) is 33.1 Å². The lowest BCUT2D eigenvalue weighted by atomic mass is 9.95. The Morgan fingerprint density at radius 2 is 2.15 bits per heavy atom. The molecule has 2 aliphatic rings. The van der Waals surface area contributed by atoms with Crippen molar-refractivity contribution in [3.8, 4) is 0 Å². The number of fused-ring (bicyclic) bond motifs is 1. The van der Waals surface area contributed by atoms with Crippen LogP contribution in [0.2, 0.25) is 0 Å². The number of hydrogen-bond donors (Lipinski definition) is 2. The van der Waals surface area contributed by atoms with E-state index in [2.05, 4.69) is 24.1 Å². The average molecular weight is 184 g/mol. The summed E-state index contributed by atoms with van der Waals surface area (Å²) in [6.07, 6.45) is 3.33. The second-order valence-electron chi connectivity index (χ2n) is 4.54. The van der Waals surface area contributed by atoms with Crippen LogP contribution in [0.25, 0.3) is 0 Å². The number of piperidine rings is 1. The summed E-state index contributed by atoms with van der Waals surface area (Å²) in [6, 6.07) is 1.17. The molecule has 3 nitrogen and oxygen atoms in total. The summed E-state index contributed by atoms with van der Waals surface area (Å²) in [4.78, 5) is 2.41. The highest BCUT2D eigenvalue weighted by atomic mass is 16.3. The molecular formula is C10H20N2O. The Balaban J connectivity index is 2.08. The Bertz CT molecular complexity index is 186. The van der Waals surface area contributed by atoms with E-state index in [1.165, 1.54) is 6.42 Å². The summed E-state index contributed by atoms with van der Waals surface area (Å²) in [5, 5.41) is 13.3. The SMILES string of the molecule is CC1CC(C)N2CCCC(O)C2N1. The van der Waals surface area contributed by atoms with Gasteiger partial charge in [0.25, 0.3) is 0 Å². The van der Waals surface area contributed by atoms with Crippen molar-refractivity contribution in [1.29, 1.82) is 0 Å². The lowest BCUT2D eigenvalue weighted by molar-refractivity contribution is -0.0538. The number of hydrogen-bond acceptors (Lipinski definition) is 3. The second-order valence-corrected chi connectivity index (χ2v) is 4.54. The molecule has 13 heavy (non-hydrogen) atoms. The molecule has 4 atom stereocenters. The fourth-order valence-electron chi connectivity index (χ4n) is 2.71. The molecule has 0 radical (unpaired) electrons. The molecule has 0 aliphatic carbocycles. The minimum absolute atomic E-state index is 0.168. The molecule has 2 rings (SSSR count). The first-order valence-corrected chi connectivity index (χ1v) is 5.38.